The zero-order valence-corrected chi connectivity index (χ0v) is 26.0. The number of carbonyl (C=O) groups is 2. The van der Waals surface area contributed by atoms with E-state index in [9.17, 15) is 22.4 Å². The van der Waals surface area contributed by atoms with Crippen molar-refractivity contribution in [2.45, 2.75) is 70.0 Å². The van der Waals surface area contributed by atoms with Gasteiger partial charge in [0.15, 0.2) is 0 Å². The number of sulfonamides is 1. The number of hydrogen-bond donors (Lipinski definition) is 1. The minimum atomic E-state index is -3.68. The van der Waals surface area contributed by atoms with E-state index in [1.807, 2.05) is 42.5 Å². The van der Waals surface area contributed by atoms with Gasteiger partial charge in [0.25, 0.3) is 0 Å². The first-order chi connectivity index (χ1) is 20.6. The topological polar surface area (TPSA) is 86.8 Å². The van der Waals surface area contributed by atoms with Crippen molar-refractivity contribution in [3.05, 3.63) is 101 Å². The van der Waals surface area contributed by atoms with Crippen molar-refractivity contribution in [3.8, 4) is 0 Å². The lowest BCUT2D eigenvalue weighted by Crippen LogP contribution is -2.52. The number of nitrogens with one attached hydrogen (secondary N) is 1. The Morgan fingerprint density at radius 2 is 1.58 bits per heavy atom. The monoisotopic (exact) mass is 627 g/mol. The second kappa shape index (κ2) is 15.3. The molecule has 1 aliphatic rings. The molecule has 0 radical (unpaired) electrons. The lowest BCUT2D eigenvalue weighted by atomic mass is 9.94. The number of hydrogen-bond acceptors (Lipinski definition) is 4. The summed E-state index contributed by atoms with van der Waals surface area (Å²) in [6.07, 6.45) is 6.76. The molecule has 0 saturated heterocycles. The van der Waals surface area contributed by atoms with E-state index < -0.39 is 21.9 Å². The van der Waals surface area contributed by atoms with Crippen LogP contribution in [0, 0.1) is 5.82 Å². The Hall–Kier alpha value is -3.43. The van der Waals surface area contributed by atoms with Crippen molar-refractivity contribution in [3.63, 3.8) is 0 Å². The fraction of sp³-hybridized carbons (Fsp3) is 0.394. The normalized spacial score (nSPS) is 14.6. The molecule has 4 rings (SSSR count). The van der Waals surface area contributed by atoms with E-state index in [-0.39, 0.29) is 43.8 Å². The summed E-state index contributed by atoms with van der Waals surface area (Å²) >= 11 is 6.11. The van der Waals surface area contributed by atoms with Gasteiger partial charge in [-0.3, -0.25) is 13.9 Å². The van der Waals surface area contributed by atoms with Crippen LogP contribution in [0.15, 0.2) is 78.9 Å². The number of rotatable bonds is 13. The third-order valence-corrected chi connectivity index (χ3v) is 9.20. The summed E-state index contributed by atoms with van der Waals surface area (Å²) in [5.41, 5.74) is 2.08. The second-order valence-corrected chi connectivity index (χ2v) is 13.5. The van der Waals surface area contributed by atoms with Crippen molar-refractivity contribution in [2.75, 3.05) is 17.1 Å². The van der Waals surface area contributed by atoms with E-state index in [1.54, 1.807) is 17.0 Å². The highest BCUT2D eigenvalue weighted by Crippen LogP contribution is 2.22. The molecule has 1 unspecified atom stereocenters. The zero-order chi connectivity index (χ0) is 30.8. The SMILES string of the molecule is CS(=O)(=O)N(CCCC(=O)N(Cc1ccc(Cl)cc1)C(Cc1ccccc1)C(=O)NC1CCCCC1)c1ccc(F)cc1. The van der Waals surface area contributed by atoms with Crippen molar-refractivity contribution in [1.82, 2.24) is 10.2 Å². The minimum absolute atomic E-state index is 0.0167. The molecular formula is C33H39ClFN3O4S. The molecular weight excluding hydrogens is 589 g/mol. The molecule has 0 spiro atoms. The Bertz CT molecular complexity index is 1450. The summed E-state index contributed by atoms with van der Waals surface area (Å²) in [7, 11) is -3.68. The summed E-state index contributed by atoms with van der Waals surface area (Å²) in [4.78, 5) is 29.5. The lowest BCUT2D eigenvalue weighted by molar-refractivity contribution is -0.141. The molecule has 7 nitrogen and oxygen atoms in total. The van der Waals surface area contributed by atoms with Crippen LogP contribution in [-0.2, 0) is 32.6 Å². The van der Waals surface area contributed by atoms with Gasteiger partial charge in [0.05, 0.1) is 11.9 Å². The molecule has 2 amide bonds. The van der Waals surface area contributed by atoms with Crippen LogP contribution in [0.4, 0.5) is 10.1 Å². The number of anilines is 1. The fourth-order valence-electron chi connectivity index (χ4n) is 5.50. The van der Waals surface area contributed by atoms with E-state index in [1.165, 1.54) is 28.6 Å². The Kier molecular flexibility index (Phi) is 11.6. The zero-order valence-electron chi connectivity index (χ0n) is 24.4. The van der Waals surface area contributed by atoms with Crippen molar-refractivity contribution in [1.29, 1.82) is 0 Å². The summed E-state index contributed by atoms with van der Waals surface area (Å²) < 4.78 is 39.8. The first kappa shape index (κ1) is 32.5. The third kappa shape index (κ3) is 9.79. The quantitative estimate of drug-likeness (QED) is 0.248. The maximum atomic E-state index is 14.0. The van der Waals surface area contributed by atoms with Gasteiger partial charge in [0, 0.05) is 37.0 Å². The smallest absolute Gasteiger partial charge is 0.243 e. The van der Waals surface area contributed by atoms with Gasteiger partial charge in [0.1, 0.15) is 11.9 Å². The van der Waals surface area contributed by atoms with Gasteiger partial charge < -0.3 is 10.2 Å². The first-order valence-corrected chi connectivity index (χ1v) is 16.9. The average molecular weight is 628 g/mol. The first-order valence-electron chi connectivity index (χ1n) is 14.7. The van der Waals surface area contributed by atoms with Gasteiger partial charge in [-0.15, -0.1) is 0 Å². The van der Waals surface area contributed by atoms with Crippen molar-refractivity contribution in [2.24, 2.45) is 0 Å². The van der Waals surface area contributed by atoms with E-state index in [2.05, 4.69) is 5.32 Å². The van der Waals surface area contributed by atoms with Gasteiger partial charge in [0.2, 0.25) is 21.8 Å². The average Bonchev–Trinajstić information content (AvgIpc) is 2.99. The Morgan fingerprint density at radius 3 is 2.21 bits per heavy atom. The maximum Gasteiger partial charge on any atom is 0.243 e. The van der Waals surface area contributed by atoms with Crippen LogP contribution in [0.1, 0.15) is 56.1 Å². The lowest BCUT2D eigenvalue weighted by Gasteiger charge is -2.34. The highest BCUT2D eigenvalue weighted by Gasteiger charge is 2.32. The van der Waals surface area contributed by atoms with Crippen LogP contribution in [0.5, 0.6) is 0 Å². The number of nitrogens with zero attached hydrogens (tertiary/aromatic N) is 2. The number of carbonyl (C=O) groups excluding carboxylic acids is 2. The van der Waals surface area contributed by atoms with Gasteiger partial charge in [-0.1, -0.05) is 73.3 Å². The molecule has 230 valence electrons. The van der Waals surface area contributed by atoms with Crippen LogP contribution in [0.3, 0.4) is 0 Å². The third-order valence-electron chi connectivity index (χ3n) is 7.76. The highest BCUT2D eigenvalue weighted by molar-refractivity contribution is 7.92. The maximum absolute atomic E-state index is 14.0. The van der Waals surface area contributed by atoms with Gasteiger partial charge in [-0.25, -0.2) is 12.8 Å². The van der Waals surface area contributed by atoms with Gasteiger partial charge in [-0.05, 0) is 66.8 Å². The molecule has 0 aromatic heterocycles. The van der Waals surface area contributed by atoms with E-state index in [0.717, 1.165) is 49.5 Å². The summed E-state index contributed by atoms with van der Waals surface area (Å²) in [6, 6.07) is 21.3. The van der Waals surface area contributed by atoms with Crippen molar-refractivity contribution < 1.29 is 22.4 Å². The van der Waals surface area contributed by atoms with Crippen LogP contribution in [0.2, 0.25) is 5.02 Å². The molecule has 1 aliphatic carbocycles. The summed E-state index contributed by atoms with van der Waals surface area (Å²) in [5, 5.41) is 3.79. The molecule has 43 heavy (non-hydrogen) atoms. The Labute approximate surface area is 259 Å². The van der Waals surface area contributed by atoms with Crippen LogP contribution in [-0.4, -0.2) is 50.0 Å². The molecule has 1 saturated carbocycles. The van der Waals surface area contributed by atoms with Crippen LogP contribution >= 0.6 is 11.6 Å². The predicted molar refractivity (Wildman–Crippen MR) is 169 cm³/mol. The van der Waals surface area contributed by atoms with Gasteiger partial charge >= 0.3 is 0 Å². The molecule has 0 bridgehead atoms. The molecule has 1 atom stereocenters. The molecule has 0 heterocycles. The Balaban J connectivity index is 1.58. The second-order valence-electron chi connectivity index (χ2n) is 11.1. The predicted octanol–water partition coefficient (Wildman–Crippen LogP) is 6.11. The van der Waals surface area contributed by atoms with E-state index in [0.29, 0.717) is 17.1 Å². The van der Waals surface area contributed by atoms with Crippen LogP contribution < -0.4 is 9.62 Å². The molecule has 0 aliphatic heterocycles. The number of halogens is 2. The highest BCUT2D eigenvalue weighted by atomic mass is 35.5. The molecule has 3 aromatic carbocycles. The van der Waals surface area contributed by atoms with Crippen molar-refractivity contribution >= 4 is 39.1 Å². The summed E-state index contributed by atoms with van der Waals surface area (Å²) in [6.45, 7) is 0.224. The molecule has 10 heteroatoms. The van der Waals surface area contributed by atoms with Crippen LogP contribution in [0.25, 0.3) is 0 Å². The standard InChI is InChI=1S/C33H39ClFN3O4S/c1-43(41,42)38(30-20-18-28(35)19-21-30)22-8-13-32(39)37(24-26-14-16-27(34)17-15-26)31(23-25-9-4-2-5-10-25)33(40)36-29-11-6-3-7-12-29/h2,4-5,9-10,14-21,29,31H,3,6-8,11-13,22-24H2,1H3,(H,36,40). The largest absolute Gasteiger partial charge is 0.352 e. The minimum Gasteiger partial charge on any atom is -0.352 e. The number of amides is 2. The molecule has 1 N–H and O–H groups in total. The fourth-order valence-corrected chi connectivity index (χ4v) is 6.59. The Morgan fingerprint density at radius 1 is 0.930 bits per heavy atom. The van der Waals surface area contributed by atoms with Gasteiger partial charge in [-0.2, -0.15) is 0 Å². The summed E-state index contributed by atoms with van der Waals surface area (Å²) in [5.74, 6) is -0.925. The molecule has 1 fully saturated rings. The van der Waals surface area contributed by atoms with E-state index >= 15 is 0 Å². The molecule has 3 aromatic rings. The van der Waals surface area contributed by atoms with E-state index in [4.69, 9.17) is 11.6 Å². The number of benzene rings is 3.